The largest absolute Gasteiger partial charge is 0.490 e. The molecule has 2 aliphatic heterocycles. The molecule has 0 bridgehead atoms. The Balaban J connectivity index is 1.72. The summed E-state index contributed by atoms with van der Waals surface area (Å²) in [6, 6.07) is 5.89. The first-order valence-corrected chi connectivity index (χ1v) is 8.93. The Kier molecular flexibility index (Phi) is 4.91. The van der Waals surface area contributed by atoms with Crippen molar-refractivity contribution in [3.63, 3.8) is 0 Å². The first-order chi connectivity index (χ1) is 11.4. The van der Waals surface area contributed by atoms with Gasteiger partial charge in [-0.05, 0) is 42.7 Å². The smallest absolute Gasteiger partial charge is 0.303 e. The third-order valence-electron chi connectivity index (χ3n) is 3.86. The molecule has 1 aromatic rings. The van der Waals surface area contributed by atoms with Crippen molar-refractivity contribution in [3.05, 3.63) is 34.2 Å². The van der Waals surface area contributed by atoms with E-state index in [1.165, 1.54) is 16.7 Å². The van der Waals surface area contributed by atoms with E-state index in [4.69, 9.17) is 22.1 Å². The fourth-order valence-electron chi connectivity index (χ4n) is 2.76. The van der Waals surface area contributed by atoms with E-state index in [0.717, 1.165) is 23.3 Å². The Morgan fingerprint density at radius 2 is 2.33 bits per heavy atom. The maximum absolute atomic E-state index is 12.5. The molecule has 1 aromatic carbocycles. The Morgan fingerprint density at radius 3 is 3.08 bits per heavy atom. The zero-order valence-electron chi connectivity index (χ0n) is 13.2. The average molecular weight is 363 g/mol. The molecule has 0 aromatic heterocycles. The van der Waals surface area contributed by atoms with Gasteiger partial charge in [-0.3, -0.25) is 14.5 Å². The molecular weight excluding hydrogens is 346 g/mol. The maximum atomic E-state index is 12.5. The number of amides is 1. The SMILES string of the molecule is CC1Cc2cc(C=C3SC(=S)N(CCCC(=O)O)C3=O)ccc2O1. The minimum absolute atomic E-state index is 0.0269. The number of aliphatic carboxylic acids is 1. The van der Waals surface area contributed by atoms with Crippen LogP contribution in [0.3, 0.4) is 0 Å². The van der Waals surface area contributed by atoms with Crippen LogP contribution < -0.4 is 4.74 Å². The summed E-state index contributed by atoms with van der Waals surface area (Å²) in [5.41, 5.74) is 2.09. The number of thiocarbonyl (C=S) groups is 1. The van der Waals surface area contributed by atoms with Crippen LogP contribution >= 0.6 is 24.0 Å². The van der Waals surface area contributed by atoms with Crippen LogP contribution in [0.25, 0.3) is 6.08 Å². The van der Waals surface area contributed by atoms with E-state index >= 15 is 0 Å². The molecule has 7 heteroatoms. The highest BCUT2D eigenvalue weighted by Gasteiger charge is 2.31. The molecule has 0 saturated carbocycles. The lowest BCUT2D eigenvalue weighted by molar-refractivity contribution is -0.137. The molecule has 0 spiro atoms. The van der Waals surface area contributed by atoms with Gasteiger partial charge >= 0.3 is 5.97 Å². The van der Waals surface area contributed by atoms with Crippen LogP contribution in [0, 0.1) is 0 Å². The molecule has 0 aliphatic carbocycles. The first kappa shape index (κ1) is 17.0. The number of ether oxygens (including phenoxy) is 1. The number of hydrogen-bond acceptors (Lipinski definition) is 5. The fourth-order valence-corrected chi connectivity index (χ4v) is 4.07. The van der Waals surface area contributed by atoms with Crippen LogP contribution in [-0.4, -0.2) is 38.9 Å². The molecule has 1 amide bonds. The molecule has 126 valence electrons. The zero-order chi connectivity index (χ0) is 17.3. The lowest BCUT2D eigenvalue weighted by Gasteiger charge is -2.13. The molecule has 1 unspecified atom stereocenters. The van der Waals surface area contributed by atoms with Crippen LogP contribution in [0.4, 0.5) is 0 Å². The number of benzene rings is 1. The lowest BCUT2D eigenvalue weighted by Crippen LogP contribution is -2.29. The predicted molar refractivity (Wildman–Crippen MR) is 97.0 cm³/mol. The summed E-state index contributed by atoms with van der Waals surface area (Å²) in [6.45, 7) is 2.37. The number of hydrogen-bond donors (Lipinski definition) is 1. The summed E-state index contributed by atoms with van der Waals surface area (Å²) in [4.78, 5) is 25.1. The maximum Gasteiger partial charge on any atom is 0.303 e. The Labute approximate surface area is 149 Å². The average Bonchev–Trinajstić information content (AvgIpc) is 3.00. The Hall–Kier alpha value is -1.86. The minimum atomic E-state index is -0.870. The fraction of sp³-hybridized carbons (Fsp3) is 0.353. The van der Waals surface area contributed by atoms with Gasteiger partial charge in [0.25, 0.3) is 5.91 Å². The van der Waals surface area contributed by atoms with E-state index in [-0.39, 0.29) is 18.4 Å². The highest BCUT2D eigenvalue weighted by molar-refractivity contribution is 8.26. The molecule has 24 heavy (non-hydrogen) atoms. The first-order valence-electron chi connectivity index (χ1n) is 7.71. The van der Waals surface area contributed by atoms with E-state index in [0.29, 0.717) is 22.2 Å². The standard InChI is InChI=1S/C17H17NO4S2/c1-10-7-12-8-11(4-5-13(12)22-10)9-14-16(21)18(17(23)24-14)6-2-3-15(19)20/h4-5,8-10H,2-3,6-7H2,1H3,(H,19,20). The topological polar surface area (TPSA) is 66.8 Å². The van der Waals surface area contributed by atoms with Crippen molar-refractivity contribution in [2.75, 3.05) is 6.54 Å². The third-order valence-corrected chi connectivity index (χ3v) is 5.24. The normalized spacial score (nSPS) is 21.3. The van der Waals surface area contributed by atoms with Crippen LogP contribution in [0.5, 0.6) is 5.75 Å². The summed E-state index contributed by atoms with van der Waals surface area (Å²) < 4.78 is 6.16. The number of carbonyl (C=O) groups is 2. The Morgan fingerprint density at radius 1 is 1.54 bits per heavy atom. The highest BCUT2D eigenvalue weighted by Crippen LogP contribution is 2.34. The quantitative estimate of drug-likeness (QED) is 0.641. The van der Waals surface area contributed by atoms with Gasteiger partial charge in [0.15, 0.2) is 0 Å². The molecule has 3 rings (SSSR count). The number of thioether (sulfide) groups is 1. The molecule has 1 fully saturated rings. The van der Waals surface area contributed by atoms with Crippen LogP contribution in [0.2, 0.25) is 0 Å². The van der Waals surface area contributed by atoms with Gasteiger partial charge in [0.05, 0.1) is 4.91 Å². The van der Waals surface area contributed by atoms with Gasteiger partial charge in [-0.25, -0.2) is 0 Å². The van der Waals surface area contributed by atoms with Crippen molar-refractivity contribution in [2.24, 2.45) is 0 Å². The number of rotatable bonds is 5. The second-order valence-corrected chi connectivity index (χ2v) is 7.51. The van der Waals surface area contributed by atoms with E-state index in [9.17, 15) is 9.59 Å². The molecule has 5 nitrogen and oxygen atoms in total. The summed E-state index contributed by atoms with van der Waals surface area (Å²) in [6.07, 6.45) is 3.30. The number of carboxylic acids is 1. The monoisotopic (exact) mass is 363 g/mol. The molecule has 1 saturated heterocycles. The number of carbonyl (C=O) groups excluding carboxylic acids is 1. The summed E-state index contributed by atoms with van der Waals surface area (Å²) in [5, 5.41) is 8.70. The van der Waals surface area contributed by atoms with Crippen molar-refractivity contribution in [1.82, 2.24) is 4.90 Å². The van der Waals surface area contributed by atoms with E-state index < -0.39 is 5.97 Å². The molecule has 1 atom stereocenters. The van der Waals surface area contributed by atoms with Crippen molar-refractivity contribution in [1.29, 1.82) is 0 Å². The highest BCUT2D eigenvalue weighted by atomic mass is 32.2. The number of nitrogens with zero attached hydrogens (tertiary/aromatic N) is 1. The molecule has 2 heterocycles. The molecule has 2 aliphatic rings. The van der Waals surface area contributed by atoms with E-state index in [2.05, 4.69) is 0 Å². The minimum Gasteiger partial charge on any atom is -0.490 e. The van der Waals surface area contributed by atoms with E-state index in [1.807, 2.05) is 31.2 Å². The van der Waals surface area contributed by atoms with Gasteiger partial charge in [-0.2, -0.15) is 0 Å². The lowest BCUT2D eigenvalue weighted by atomic mass is 10.1. The summed E-state index contributed by atoms with van der Waals surface area (Å²) >= 11 is 6.50. The summed E-state index contributed by atoms with van der Waals surface area (Å²) in [5.74, 6) is -0.119. The van der Waals surface area contributed by atoms with Crippen LogP contribution in [0.1, 0.15) is 30.9 Å². The molecule has 0 radical (unpaired) electrons. The molecule has 1 N–H and O–H groups in total. The third kappa shape index (κ3) is 3.62. The van der Waals surface area contributed by atoms with Crippen molar-refractivity contribution in [2.45, 2.75) is 32.3 Å². The van der Waals surface area contributed by atoms with E-state index in [1.54, 1.807) is 0 Å². The number of carboxylic acid groups (broad SMARTS) is 1. The number of fused-ring (bicyclic) bond motifs is 1. The van der Waals surface area contributed by atoms with Crippen molar-refractivity contribution >= 4 is 46.3 Å². The zero-order valence-corrected chi connectivity index (χ0v) is 14.8. The van der Waals surface area contributed by atoms with Crippen molar-refractivity contribution in [3.8, 4) is 5.75 Å². The van der Waals surface area contributed by atoms with Gasteiger partial charge in [0.1, 0.15) is 16.2 Å². The predicted octanol–water partition coefficient (Wildman–Crippen LogP) is 3.08. The van der Waals surface area contributed by atoms with Gasteiger partial charge in [-0.1, -0.05) is 30.0 Å². The summed E-state index contributed by atoms with van der Waals surface area (Å²) in [7, 11) is 0. The Bertz CT molecular complexity index is 744. The van der Waals surface area contributed by atoms with Crippen LogP contribution in [0.15, 0.2) is 23.1 Å². The van der Waals surface area contributed by atoms with Gasteiger partial charge in [-0.15, -0.1) is 0 Å². The van der Waals surface area contributed by atoms with Crippen molar-refractivity contribution < 1.29 is 19.4 Å². The second kappa shape index (κ2) is 6.94. The van der Waals surface area contributed by atoms with Crippen LogP contribution in [-0.2, 0) is 16.0 Å². The van der Waals surface area contributed by atoms with Gasteiger partial charge < -0.3 is 9.84 Å². The second-order valence-electron chi connectivity index (χ2n) is 5.83. The van der Waals surface area contributed by atoms with Gasteiger partial charge in [0.2, 0.25) is 0 Å². The molecular formula is C17H17NO4S2. The van der Waals surface area contributed by atoms with Gasteiger partial charge in [0, 0.05) is 19.4 Å².